The molecule has 0 spiro atoms. The number of hydrogen-bond acceptors (Lipinski definition) is 3. The molecule has 1 atom stereocenters. The number of rotatable bonds is 2. The highest BCUT2D eigenvalue weighted by atomic mass is 35.5. The molecule has 9 heteroatoms. The van der Waals surface area contributed by atoms with E-state index in [2.05, 4.69) is 5.32 Å². The summed E-state index contributed by atoms with van der Waals surface area (Å²) in [6.07, 6.45) is -3.89. The third kappa shape index (κ3) is 3.76. The Bertz CT molecular complexity index is 568. The Morgan fingerprint density at radius 3 is 2.52 bits per heavy atom. The van der Waals surface area contributed by atoms with Crippen LogP contribution in [0.15, 0.2) is 16.9 Å². The number of carbonyl (C=O) groups is 1. The van der Waals surface area contributed by atoms with Crippen molar-refractivity contribution < 1.29 is 18.0 Å². The standard InChI is InChI=1S/C12H14F3N3O2.ClH/c1-18(7-4-5-16-6-7)11(20)8-2-3-9(12(13,14)15)17-10(8)19;/h2-3,7,16H,4-6H2,1H3,(H,17,19);1H. The number of carbonyl (C=O) groups excluding carboxylic acids is 1. The molecule has 2 N–H and O–H groups in total. The summed E-state index contributed by atoms with van der Waals surface area (Å²) < 4.78 is 37.3. The number of hydrogen-bond donors (Lipinski definition) is 2. The molecule has 21 heavy (non-hydrogen) atoms. The zero-order valence-corrected chi connectivity index (χ0v) is 12.0. The fourth-order valence-corrected chi connectivity index (χ4v) is 2.13. The molecule has 0 aliphatic carbocycles. The van der Waals surface area contributed by atoms with Crippen LogP contribution in [0.25, 0.3) is 0 Å². The summed E-state index contributed by atoms with van der Waals surface area (Å²) in [5, 5.41) is 3.07. The molecule has 1 unspecified atom stereocenters. The van der Waals surface area contributed by atoms with Crippen LogP contribution in [0.5, 0.6) is 0 Å². The van der Waals surface area contributed by atoms with E-state index in [9.17, 15) is 22.8 Å². The molecule has 1 amide bonds. The Morgan fingerprint density at radius 2 is 2.05 bits per heavy atom. The molecule has 5 nitrogen and oxygen atoms in total. The number of amides is 1. The Kier molecular flexibility index (Phi) is 5.41. The van der Waals surface area contributed by atoms with Crippen molar-refractivity contribution >= 4 is 18.3 Å². The highest BCUT2D eigenvalue weighted by Gasteiger charge is 2.33. The number of aromatic amines is 1. The van der Waals surface area contributed by atoms with E-state index in [1.807, 2.05) is 0 Å². The predicted molar refractivity (Wildman–Crippen MR) is 72.7 cm³/mol. The van der Waals surface area contributed by atoms with E-state index in [0.717, 1.165) is 19.0 Å². The first kappa shape index (κ1) is 17.5. The van der Waals surface area contributed by atoms with Crippen LogP contribution in [0.1, 0.15) is 22.5 Å². The lowest BCUT2D eigenvalue weighted by Gasteiger charge is -2.23. The van der Waals surface area contributed by atoms with Gasteiger partial charge in [-0.25, -0.2) is 0 Å². The van der Waals surface area contributed by atoms with E-state index in [4.69, 9.17) is 0 Å². The Labute approximate surface area is 124 Å². The van der Waals surface area contributed by atoms with Crippen molar-refractivity contribution in [1.29, 1.82) is 0 Å². The van der Waals surface area contributed by atoms with Gasteiger partial charge in [0, 0.05) is 19.6 Å². The normalized spacial score (nSPS) is 18.2. The van der Waals surface area contributed by atoms with Crippen molar-refractivity contribution in [3.8, 4) is 0 Å². The number of halogens is 4. The Morgan fingerprint density at radius 1 is 1.38 bits per heavy atom. The monoisotopic (exact) mass is 325 g/mol. The fourth-order valence-electron chi connectivity index (χ4n) is 2.13. The lowest BCUT2D eigenvalue weighted by molar-refractivity contribution is -0.141. The van der Waals surface area contributed by atoms with E-state index in [0.29, 0.717) is 12.6 Å². The molecule has 1 aliphatic rings. The maximum absolute atomic E-state index is 12.4. The van der Waals surface area contributed by atoms with Gasteiger partial charge in [0.05, 0.1) is 0 Å². The van der Waals surface area contributed by atoms with Gasteiger partial charge in [-0.15, -0.1) is 12.4 Å². The molecule has 1 aliphatic heterocycles. The van der Waals surface area contributed by atoms with Gasteiger partial charge < -0.3 is 15.2 Å². The van der Waals surface area contributed by atoms with Crippen LogP contribution in [0, 0.1) is 0 Å². The summed E-state index contributed by atoms with van der Waals surface area (Å²) in [7, 11) is 1.54. The second-order valence-corrected chi connectivity index (χ2v) is 4.68. The second-order valence-electron chi connectivity index (χ2n) is 4.68. The first-order valence-corrected chi connectivity index (χ1v) is 6.09. The van der Waals surface area contributed by atoms with Crippen LogP contribution >= 0.6 is 12.4 Å². The van der Waals surface area contributed by atoms with E-state index in [-0.39, 0.29) is 24.0 Å². The van der Waals surface area contributed by atoms with Crippen molar-refractivity contribution in [2.24, 2.45) is 0 Å². The van der Waals surface area contributed by atoms with Gasteiger partial charge in [0.15, 0.2) is 0 Å². The van der Waals surface area contributed by atoms with Crippen LogP contribution in [0.2, 0.25) is 0 Å². The van der Waals surface area contributed by atoms with Crippen molar-refractivity contribution in [2.45, 2.75) is 18.6 Å². The van der Waals surface area contributed by atoms with Crippen LogP contribution in [0.4, 0.5) is 13.2 Å². The Balaban J connectivity index is 0.00000220. The number of pyridine rings is 1. The average Bonchev–Trinajstić information content (AvgIpc) is 2.89. The van der Waals surface area contributed by atoms with Crippen LogP contribution in [-0.4, -0.2) is 42.0 Å². The second kappa shape index (κ2) is 6.48. The van der Waals surface area contributed by atoms with Gasteiger partial charge in [-0.05, 0) is 25.1 Å². The predicted octanol–water partition coefficient (Wildman–Crippen LogP) is 1.25. The summed E-state index contributed by atoms with van der Waals surface area (Å²) in [5.74, 6) is -0.575. The average molecular weight is 326 g/mol. The van der Waals surface area contributed by atoms with Gasteiger partial charge in [-0.3, -0.25) is 9.59 Å². The van der Waals surface area contributed by atoms with Crippen molar-refractivity contribution in [2.75, 3.05) is 20.1 Å². The number of H-pyrrole nitrogens is 1. The zero-order valence-electron chi connectivity index (χ0n) is 11.2. The number of nitrogens with zero attached hydrogens (tertiary/aromatic N) is 1. The number of likely N-dealkylation sites (N-methyl/N-ethyl adjacent to an activating group) is 1. The molecule has 118 valence electrons. The molecule has 2 rings (SSSR count). The molecule has 1 aromatic rings. The third-order valence-corrected chi connectivity index (χ3v) is 3.35. The quantitative estimate of drug-likeness (QED) is 0.860. The molecule has 0 aromatic carbocycles. The van der Waals surface area contributed by atoms with Gasteiger partial charge >= 0.3 is 6.18 Å². The molecule has 1 fully saturated rings. The highest BCUT2D eigenvalue weighted by molar-refractivity contribution is 5.93. The van der Waals surface area contributed by atoms with Crippen LogP contribution in [-0.2, 0) is 6.18 Å². The van der Waals surface area contributed by atoms with Crippen molar-refractivity contribution in [1.82, 2.24) is 15.2 Å². The number of alkyl halides is 3. The van der Waals surface area contributed by atoms with Gasteiger partial charge in [0.1, 0.15) is 11.3 Å². The van der Waals surface area contributed by atoms with Crippen LogP contribution < -0.4 is 10.9 Å². The molecule has 1 saturated heterocycles. The SMILES string of the molecule is CN(C(=O)c1ccc(C(F)(F)F)[nH]c1=O)C1CCNC1.Cl. The number of aromatic nitrogens is 1. The van der Waals surface area contributed by atoms with E-state index in [1.54, 1.807) is 4.98 Å². The molecule has 1 aromatic heterocycles. The minimum absolute atomic E-state index is 0. The summed E-state index contributed by atoms with van der Waals surface area (Å²) in [6.45, 7) is 1.38. The topological polar surface area (TPSA) is 65.2 Å². The van der Waals surface area contributed by atoms with E-state index < -0.39 is 23.3 Å². The molecule has 2 heterocycles. The fraction of sp³-hybridized carbons (Fsp3) is 0.500. The van der Waals surface area contributed by atoms with E-state index >= 15 is 0 Å². The smallest absolute Gasteiger partial charge is 0.337 e. The molecular formula is C12H15ClF3N3O2. The summed E-state index contributed by atoms with van der Waals surface area (Å²) in [6, 6.07) is 1.57. The molecule has 0 radical (unpaired) electrons. The zero-order chi connectivity index (χ0) is 14.9. The van der Waals surface area contributed by atoms with Gasteiger partial charge in [0.25, 0.3) is 11.5 Å². The van der Waals surface area contributed by atoms with Gasteiger partial charge in [0.2, 0.25) is 0 Å². The van der Waals surface area contributed by atoms with Crippen LogP contribution in [0.3, 0.4) is 0 Å². The first-order valence-electron chi connectivity index (χ1n) is 6.09. The minimum Gasteiger partial charge on any atom is -0.337 e. The first-order chi connectivity index (χ1) is 9.30. The molecule has 0 bridgehead atoms. The maximum atomic E-state index is 12.4. The van der Waals surface area contributed by atoms with Gasteiger partial charge in [-0.1, -0.05) is 0 Å². The Hall–Kier alpha value is -1.54. The third-order valence-electron chi connectivity index (χ3n) is 3.35. The molecule has 0 saturated carbocycles. The summed E-state index contributed by atoms with van der Waals surface area (Å²) in [5.41, 5.74) is -2.47. The van der Waals surface area contributed by atoms with Crippen molar-refractivity contribution in [3.63, 3.8) is 0 Å². The lowest BCUT2D eigenvalue weighted by Crippen LogP contribution is -2.40. The maximum Gasteiger partial charge on any atom is 0.431 e. The summed E-state index contributed by atoms with van der Waals surface area (Å²) >= 11 is 0. The minimum atomic E-state index is -4.64. The lowest BCUT2D eigenvalue weighted by atomic mass is 10.1. The van der Waals surface area contributed by atoms with E-state index in [1.165, 1.54) is 11.9 Å². The number of nitrogens with one attached hydrogen (secondary N) is 2. The highest BCUT2D eigenvalue weighted by Crippen LogP contribution is 2.26. The van der Waals surface area contributed by atoms with Gasteiger partial charge in [-0.2, -0.15) is 13.2 Å². The summed E-state index contributed by atoms with van der Waals surface area (Å²) in [4.78, 5) is 26.8. The largest absolute Gasteiger partial charge is 0.431 e. The molecular weight excluding hydrogens is 311 g/mol. The van der Waals surface area contributed by atoms with Crippen molar-refractivity contribution in [3.05, 3.63) is 33.7 Å².